The molecule has 0 aliphatic carbocycles. The summed E-state index contributed by atoms with van der Waals surface area (Å²) in [4.78, 5) is 22.6. The van der Waals surface area contributed by atoms with Crippen molar-refractivity contribution in [3.63, 3.8) is 0 Å². The number of hydrogen-bond acceptors (Lipinski definition) is 5. The third-order valence-corrected chi connectivity index (χ3v) is 3.42. The van der Waals surface area contributed by atoms with E-state index in [4.69, 9.17) is 9.84 Å². The number of nitrogens with zero attached hydrogens (tertiary/aromatic N) is 1. The van der Waals surface area contributed by atoms with Gasteiger partial charge in [0.05, 0.1) is 11.4 Å². The SMILES string of the molecule is Cc1nsc(C(=O)O)c1NC(=O)OCc1ccccc1. The quantitative estimate of drug-likeness (QED) is 0.904. The number of carboxylic acid groups (broad SMARTS) is 1. The Morgan fingerprint density at radius 1 is 1.35 bits per heavy atom. The highest BCUT2D eigenvalue weighted by Gasteiger charge is 2.19. The van der Waals surface area contributed by atoms with Crippen LogP contribution >= 0.6 is 11.5 Å². The summed E-state index contributed by atoms with van der Waals surface area (Å²) >= 11 is 0.821. The van der Waals surface area contributed by atoms with Crippen LogP contribution in [0.4, 0.5) is 10.5 Å². The third kappa shape index (κ3) is 3.33. The molecule has 6 nitrogen and oxygen atoms in total. The Kier molecular flexibility index (Phi) is 4.31. The maximum Gasteiger partial charge on any atom is 0.412 e. The Morgan fingerprint density at radius 3 is 2.70 bits per heavy atom. The van der Waals surface area contributed by atoms with Gasteiger partial charge < -0.3 is 9.84 Å². The van der Waals surface area contributed by atoms with Crippen LogP contribution in [0.1, 0.15) is 20.9 Å². The van der Waals surface area contributed by atoms with Gasteiger partial charge in [0.15, 0.2) is 4.88 Å². The van der Waals surface area contributed by atoms with Crippen LogP contribution in [0, 0.1) is 6.92 Å². The van der Waals surface area contributed by atoms with Crippen LogP contribution in [0.3, 0.4) is 0 Å². The van der Waals surface area contributed by atoms with Crippen molar-refractivity contribution in [3.05, 3.63) is 46.5 Å². The topological polar surface area (TPSA) is 88.5 Å². The number of carboxylic acids is 1. The molecule has 0 fully saturated rings. The van der Waals surface area contributed by atoms with Gasteiger partial charge >= 0.3 is 12.1 Å². The number of anilines is 1. The lowest BCUT2D eigenvalue weighted by atomic mass is 10.2. The number of nitrogens with one attached hydrogen (secondary N) is 1. The van der Waals surface area contributed by atoms with E-state index in [0.717, 1.165) is 17.1 Å². The standard InChI is InChI=1S/C13H12N2O4S/c1-8-10(11(12(16)17)20-15-8)14-13(18)19-7-9-5-3-2-4-6-9/h2-6H,7H2,1H3,(H,14,18)(H,16,17). The summed E-state index contributed by atoms with van der Waals surface area (Å²) in [6.45, 7) is 1.74. The average Bonchev–Trinajstić information content (AvgIpc) is 2.79. The van der Waals surface area contributed by atoms with Crippen molar-refractivity contribution in [1.82, 2.24) is 4.37 Å². The summed E-state index contributed by atoms with van der Waals surface area (Å²) < 4.78 is 8.92. The molecule has 0 spiro atoms. The summed E-state index contributed by atoms with van der Waals surface area (Å²) in [5, 5.41) is 11.4. The van der Waals surface area contributed by atoms with Crippen molar-refractivity contribution >= 4 is 29.3 Å². The maximum absolute atomic E-state index is 11.7. The zero-order chi connectivity index (χ0) is 14.5. The predicted octanol–water partition coefficient (Wildman–Crippen LogP) is 2.90. The van der Waals surface area contributed by atoms with E-state index in [1.807, 2.05) is 30.3 Å². The lowest BCUT2D eigenvalue weighted by Gasteiger charge is -2.07. The van der Waals surface area contributed by atoms with Gasteiger partial charge in [-0.2, -0.15) is 4.37 Å². The van der Waals surface area contributed by atoms with E-state index in [0.29, 0.717) is 5.69 Å². The summed E-state index contributed by atoms with van der Waals surface area (Å²) in [6.07, 6.45) is -0.709. The van der Waals surface area contributed by atoms with Crippen LogP contribution in [0.2, 0.25) is 0 Å². The molecule has 0 aliphatic rings. The Morgan fingerprint density at radius 2 is 2.05 bits per heavy atom. The molecule has 0 aliphatic heterocycles. The van der Waals surface area contributed by atoms with E-state index in [2.05, 4.69) is 9.69 Å². The summed E-state index contributed by atoms with van der Waals surface area (Å²) in [5.41, 5.74) is 1.48. The second-order valence-corrected chi connectivity index (χ2v) is 4.74. The second-order valence-electron chi connectivity index (χ2n) is 3.96. The molecule has 7 heteroatoms. The molecule has 20 heavy (non-hydrogen) atoms. The van der Waals surface area contributed by atoms with E-state index in [9.17, 15) is 9.59 Å². The van der Waals surface area contributed by atoms with E-state index < -0.39 is 12.1 Å². The first-order chi connectivity index (χ1) is 9.58. The molecule has 1 aromatic heterocycles. The van der Waals surface area contributed by atoms with Gasteiger partial charge in [-0.25, -0.2) is 9.59 Å². The van der Waals surface area contributed by atoms with Gasteiger partial charge in [-0.15, -0.1) is 0 Å². The fourth-order valence-electron chi connectivity index (χ4n) is 1.52. The first-order valence-electron chi connectivity index (χ1n) is 5.75. The van der Waals surface area contributed by atoms with Crippen molar-refractivity contribution in [2.24, 2.45) is 0 Å². The molecule has 0 bridgehead atoms. The number of aryl methyl sites for hydroxylation is 1. The molecular weight excluding hydrogens is 280 g/mol. The molecule has 0 atom stereocenters. The van der Waals surface area contributed by atoms with Crippen molar-refractivity contribution in [2.45, 2.75) is 13.5 Å². The van der Waals surface area contributed by atoms with E-state index in [-0.39, 0.29) is 17.2 Å². The van der Waals surface area contributed by atoms with Crippen LogP contribution in [-0.4, -0.2) is 21.5 Å². The number of carbonyl (C=O) groups is 2. The number of carbonyl (C=O) groups excluding carboxylic acids is 1. The van der Waals surface area contributed by atoms with E-state index >= 15 is 0 Å². The molecule has 0 saturated heterocycles. The maximum atomic E-state index is 11.7. The van der Waals surface area contributed by atoms with Crippen LogP contribution in [0.25, 0.3) is 0 Å². The van der Waals surface area contributed by atoms with Gasteiger partial charge in [-0.3, -0.25) is 5.32 Å². The van der Waals surface area contributed by atoms with Gasteiger partial charge in [-0.05, 0) is 24.0 Å². The largest absolute Gasteiger partial charge is 0.477 e. The minimum atomic E-state index is -1.13. The van der Waals surface area contributed by atoms with Gasteiger partial charge in [0, 0.05) is 0 Å². The smallest absolute Gasteiger partial charge is 0.412 e. The highest BCUT2D eigenvalue weighted by atomic mass is 32.1. The minimum Gasteiger partial charge on any atom is -0.477 e. The molecule has 1 heterocycles. The Bertz CT molecular complexity index is 625. The van der Waals surface area contributed by atoms with Crippen molar-refractivity contribution in [2.75, 3.05) is 5.32 Å². The number of aromatic nitrogens is 1. The number of aromatic carboxylic acids is 1. The van der Waals surface area contributed by atoms with Crippen LogP contribution in [0.5, 0.6) is 0 Å². The van der Waals surface area contributed by atoms with Crippen molar-refractivity contribution < 1.29 is 19.4 Å². The molecule has 1 aromatic carbocycles. The fourth-order valence-corrected chi connectivity index (χ4v) is 2.21. The molecule has 2 N–H and O–H groups in total. The zero-order valence-corrected chi connectivity index (χ0v) is 11.4. The zero-order valence-electron chi connectivity index (χ0n) is 10.6. The third-order valence-electron chi connectivity index (χ3n) is 2.50. The fraction of sp³-hybridized carbons (Fsp3) is 0.154. The summed E-state index contributed by atoms with van der Waals surface area (Å²) in [6, 6.07) is 9.20. The van der Waals surface area contributed by atoms with Gasteiger partial charge in [-0.1, -0.05) is 30.3 Å². The molecule has 1 amide bonds. The van der Waals surface area contributed by atoms with Gasteiger partial charge in [0.25, 0.3) is 0 Å². The Labute approximate surface area is 119 Å². The average molecular weight is 292 g/mol. The number of ether oxygens (including phenoxy) is 1. The van der Waals surface area contributed by atoms with Gasteiger partial charge in [0.1, 0.15) is 6.61 Å². The summed E-state index contributed by atoms with van der Waals surface area (Å²) in [5.74, 6) is -1.13. The monoisotopic (exact) mass is 292 g/mol. The van der Waals surface area contributed by atoms with E-state index in [1.165, 1.54) is 0 Å². The molecule has 0 saturated carbocycles. The lowest BCUT2D eigenvalue weighted by molar-refractivity contribution is 0.0703. The van der Waals surface area contributed by atoms with Crippen LogP contribution in [0.15, 0.2) is 30.3 Å². The van der Waals surface area contributed by atoms with E-state index in [1.54, 1.807) is 6.92 Å². The Hall–Kier alpha value is -2.41. The molecule has 2 rings (SSSR count). The van der Waals surface area contributed by atoms with Crippen molar-refractivity contribution in [3.8, 4) is 0 Å². The molecule has 0 radical (unpaired) electrons. The number of amides is 1. The first kappa shape index (κ1) is 14.0. The molecule has 2 aromatic rings. The van der Waals surface area contributed by atoms with Crippen molar-refractivity contribution in [1.29, 1.82) is 0 Å². The second kappa shape index (κ2) is 6.16. The highest BCUT2D eigenvalue weighted by molar-refractivity contribution is 7.08. The number of hydrogen-bond donors (Lipinski definition) is 2. The molecular formula is C13H12N2O4S. The molecule has 104 valence electrons. The minimum absolute atomic E-state index is 0.0147. The molecule has 0 unspecified atom stereocenters. The van der Waals surface area contributed by atoms with Gasteiger partial charge in [0.2, 0.25) is 0 Å². The van der Waals surface area contributed by atoms with Crippen LogP contribution < -0.4 is 5.32 Å². The number of benzene rings is 1. The van der Waals surface area contributed by atoms with Crippen LogP contribution in [-0.2, 0) is 11.3 Å². The first-order valence-corrected chi connectivity index (χ1v) is 6.52. The lowest BCUT2D eigenvalue weighted by Crippen LogP contribution is -2.15. The number of rotatable bonds is 4. The Balaban J connectivity index is 1.98. The summed E-state index contributed by atoms with van der Waals surface area (Å²) in [7, 11) is 0. The highest BCUT2D eigenvalue weighted by Crippen LogP contribution is 2.24. The normalized spacial score (nSPS) is 10.1. The predicted molar refractivity (Wildman–Crippen MR) is 74.1 cm³/mol.